The molecule has 0 bridgehead atoms. The van der Waals surface area contributed by atoms with Gasteiger partial charge in [0.1, 0.15) is 0 Å². The number of nitrogens with zero attached hydrogens (tertiary/aromatic N) is 4. The van der Waals surface area contributed by atoms with Crippen molar-refractivity contribution in [3.8, 4) is 0 Å². The second-order valence-electron chi connectivity index (χ2n) is 8.04. The summed E-state index contributed by atoms with van der Waals surface area (Å²) in [5.41, 5.74) is 1.63. The van der Waals surface area contributed by atoms with Crippen molar-refractivity contribution in [3.63, 3.8) is 0 Å². The lowest BCUT2D eigenvalue weighted by atomic mass is 10.1. The molecule has 1 aliphatic heterocycles. The van der Waals surface area contributed by atoms with Crippen LogP contribution in [0.2, 0.25) is 0 Å². The first-order valence-electron chi connectivity index (χ1n) is 10.7. The summed E-state index contributed by atoms with van der Waals surface area (Å²) in [5, 5.41) is 8.48. The molecule has 1 aromatic carbocycles. The van der Waals surface area contributed by atoms with E-state index >= 15 is 0 Å². The summed E-state index contributed by atoms with van der Waals surface area (Å²) in [7, 11) is 0. The number of benzene rings is 1. The molecule has 2 aromatic rings. The monoisotopic (exact) mass is 382 g/mol. The number of aromatic nitrogens is 3. The number of rotatable bonds is 5. The summed E-state index contributed by atoms with van der Waals surface area (Å²) >= 11 is 0. The lowest BCUT2D eigenvalue weighted by Crippen LogP contribution is -2.43. The fraction of sp³-hybridized carbons (Fsp3) is 0.591. The number of hydrogen-bond acceptors (Lipinski definition) is 4. The van der Waals surface area contributed by atoms with E-state index in [9.17, 15) is 4.79 Å². The molecular weight excluding hydrogens is 352 g/mol. The van der Waals surface area contributed by atoms with Crippen LogP contribution in [-0.4, -0.2) is 45.0 Å². The van der Waals surface area contributed by atoms with E-state index in [2.05, 4.69) is 22.4 Å². The zero-order valence-corrected chi connectivity index (χ0v) is 16.5. The number of amides is 1. The van der Waals surface area contributed by atoms with E-state index in [1.165, 1.54) is 25.7 Å². The van der Waals surface area contributed by atoms with Gasteiger partial charge >= 0.3 is 0 Å². The van der Waals surface area contributed by atoms with Gasteiger partial charge in [-0.05, 0) is 31.2 Å². The van der Waals surface area contributed by atoms with Gasteiger partial charge in [-0.15, -0.1) is 5.10 Å². The van der Waals surface area contributed by atoms with Crippen LogP contribution in [0.15, 0.2) is 36.5 Å². The Morgan fingerprint density at radius 1 is 1.04 bits per heavy atom. The molecule has 6 heteroatoms. The van der Waals surface area contributed by atoms with Gasteiger partial charge < -0.3 is 9.64 Å². The second kappa shape index (κ2) is 9.32. The molecule has 2 aliphatic rings. The van der Waals surface area contributed by atoms with Crippen LogP contribution in [0.1, 0.15) is 73.5 Å². The number of hydrogen-bond donors (Lipinski definition) is 0. The van der Waals surface area contributed by atoms with Gasteiger partial charge in [0.25, 0.3) is 5.91 Å². The van der Waals surface area contributed by atoms with Crippen molar-refractivity contribution < 1.29 is 9.53 Å². The van der Waals surface area contributed by atoms with Crippen LogP contribution < -0.4 is 0 Å². The van der Waals surface area contributed by atoms with Gasteiger partial charge in [0, 0.05) is 13.1 Å². The lowest BCUT2D eigenvalue weighted by Gasteiger charge is -2.32. The third kappa shape index (κ3) is 4.79. The Morgan fingerprint density at radius 2 is 1.82 bits per heavy atom. The number of carbonyl (C=O) groups excluding carboxylic acids is 1. The first-order valence-corrected chi connectivity index (χ1v) is 10.7. The van der Waals surface area contributed by atoms with Crippen LogP contribution in [-0.2, 0) is 11.3 Å². The molecule has 0 spiro atoms. The van der Waals surface area contributed by atoms with Gasteiger partial charge in [-0.3, -0.25) is 4.79 Å². The van der Waals surface area contributed by atoms with Crippen LogP contribution in [0.5, 0.6) is 0 Å². The van der Waals surface area contributed by atoms with E-state index in [1.54, 1.807) is 0 Å². The molecule has 4 rings (SSSR count). The minimum atomic E-state index is -0.0205. The van der Waals surface area contributed by atoms with Crippen LogP contribution >= 0.6 is 0 Å². The number of carbonyl (C=O) groups is 1. The quantitative estimate of drug-likeness (QED) is 0.734. The molecule has 1 saturated carbocycles. The topological polar surface area (TPSA) is 60.2 Å². The third-order valence-electron chi connectivity index (χ3n) is 5.92. The van der Waals surface area contributed by atoms with Gasteiger partial charge in [-0.1, -0.05) is 61.2 Å². The molecule has 28 heavy (non-hydrogen) atoms. The molecule has 1 aromatic heterocycles. The molecule has 6 nitrogen and oxygen atoms in total. The molecule has 1 amide bonds. The van der Waals surface area contributed by atoms with Crippen molar-refractivity contribution >= 4 is 5.91 Å². The standard InChI is InChI=1S/C22H30N4O2/c27-22(21-16-26(24-23-21)19-11-6-1-2-7-12-19)25-14-8-13-20(15-25)28-17-18-9-4-3-5-10-18/h3-5,9-10,16,19-20H,1-2,6-8,11-15,17H2/t20-/m0/s1. The van der Waals surface area contributed by atoms with Crippen molar-refractivity contribution in [1.82, 2.24) is 19.9 Å². The summed E-state index contributed by atoms with van der Waals surface area (Å²) < 4.78 is 7.99. The van der Waals surface area contributed by atoms with Gasteiger partial charge in [0.05, 0.1) is 24.9 Å². The van der Waals surface area contributed by atoms with E-state index in [0.29, 0.717) is 24.9 Å². The number of ether oxygens (including phenoxy) is 1. The molecule has 0 radical (unpaired) electrons. The van der Waals surface area contributed by atoms with Crippen molar-refractivity contribution in [2.45, 2.75) is 70.1 Å². The highest BCUT2D eigenvalue weighted by Gasteiger charge is 2.27. The summed E-state index contributed by atoms with van der Waals surface area (Å²) in [6.07, 6.45) is 11.2. The minimum absolute atomic E-state index is 0.0205. The average molecular weight is 383 g/mol. The summed E-state index contributed by atoms with van der Waals surface area (Å²) in [5.74, 6) is -0.0205. The first-order chi connectivity index (χ1) is 13.8. The summed E-state index contributed by atoms with van der Waals surface area (Å²) in [6.45, 7) is 1.98. The highest BCUT2D eigenvalue weighted by molar-refractivity contribution is 5.92. The SMILES string of the molecule is O=C(c1cn(C2CCCCCC2)nn1)N1CCC[C@H](OCc2ccccc2)C1. The maximum atomic E-state index is 12.9. The van der Waals surface area contributed by atoms with E-state index < -0.39 is 0 Å². The Hall–Kier alpha value is -2.21. The highest BCUT2D eigenvalue weighted by atomic mass is 16.5. The van der Waals surface area contributed by atoms with Gasteiger partial charge in [0.2, 0.25) is 0 Å². The molecule has 0 N–H and O–H groups in total. The van der Waals surface area contributed by atoms with Gasteiger partial charge in [0.15, 0.2) is 5.69 Å². The fourth-order valence-corrected chi connectivity index (χ4v) is 4.28. The lowest BCUT2D eigenvalue weighted by molar-refractivity contribution is -0.00689. The molecule has 2 fully saturated rings. The summed E-state index contributed by atoms with van der Waals surface area (Å²) in [6, 6.07) is 10.6. The molecule has 150 valence electrons. The van der Waals surface area contributed by atoms with Crippen molar-refractivity contribution in [1.29, 1.82) is 0 Å². The Kier molecular flexibility index (Phi) is 6.37. The van der Waals surface area contributed by atoms with E-state index in [4.69, 9.17) is 4.74 Å². The molecule has 1 atom stereocenters. The predicted molar refractivity (Wildman–Crippen MR) is 107 cm³/mol. The van der Waals surface area contributed by atoms with Gasteiger partial charge in [-0.2, -0.15) is 0 Å². The molecule has 0 unspecified atom stereocenters. The van der Waals surface area contributed by atoms with Crippen LogP contribution in [0.4, 0.5) is 0 Å². The average Bonchev–Trinajstić information content (AvgIpc) is 3.08. The zero-order chi connectivity index (χ0) is 19.2. The van der Waals surface area contributed by atoms with E-state index in [0.717, 1.165) is 37.8 Å². The Labute approximate surface area is 166 Å². The number of likely N-dealkylation sites (tertiary alicyclic amines) is 1. The third-order valence-corrected chi connectivity index (χ3v) is 5.92. The number of piperidine rings is 1. The van der Waals surface area contributed by atoms with Crippen molar-refractivity contribution in [3.05, 3.63) is 47.8 Å². The molecule has 1 saturated heterocycles. The Bertz CT molecular complexity index is 753. The normalized spacial score (nSPS) is 21.4. The summed E-state index contributed by atoms with van der Waals surface area (Å²) in [4.78, 5) is 14.8. The largest absolute Gasteiger partial charge is 0.372 e. The van der Waals surface area contributed by atoms with Crippen LogP contribution in [0, 0.1) is 0 Å². The Balaban J connectivity index is 1.33. The van der Waals surface area contributed by atoms with Crippen molar-refractivity contribution in [2.75, 3.05) is 13.1 Å². The van der Waals surface area contributed by atoms with Gasteiger partial charge in [-0.25, -0.2) is 4.68 Å². The van der Waals surface area contributed by atoms with Crippen LogP contribution in [0.25, 0.3) is 0 Å². The smallest absolute Gasteiger partial charge is 0.276 e. The van der Waals surface area contributed by atoms with E-state index in [1.807, 2.05) is 34.0 Å². The second-order valence-corrected chi connectivity index (χ2v) is 8.04. The molecular formula is C22H30N4O2. The minimum Gasteiger partial charge on any atom is -0.372 e. The molecule has 2 heterocycles. The van der Waals surface area contributed by atoms with E-state index in [-0.39, 0.29) is 12.0 Å². The predicted octanol–water partition coefficient (Wildman–Crippen LogP) is 3.99. The first kappa shape index (κ1) is 19.1. The maximum absolute atomic E-state index is 12.9. The Morgan fingerprint density at radius 3 is 2.61 bits per heavy atom. The molecule has 1 aliphatic carbocycles. The highest BCUT2D eigenvalue weighted by Crippen LogP contribution is 2.26. The van der Waals surface area contributed by atoms with Crippen LogP contribution in [0.3, 0.4) is 0 Å². The van der Waals surface area contributed by atoms with Crippen molar-refractivity contribution in [2.24, 2.45) is 0 Å². The maximum Gasteiger partial charge on any atom is 0.276 e. The zero-order valence-electron chi connectivity index (χ0n) is 16.5. The fourth-order valence-electron chi connectivity index (χ4n) is 4.28.